The zero-order valence-corrected chi connectivity index (χ0v) is 11.2. The summed E-state index contributed by atoms with van der Waals surface area (Å²) in [5.74, 6) is 0.240. The molecule has 1 atom stereocenters. The first-order chi connectivity index (χ1) is 8.70. The maximum atomic E-state index is 12.4. The molecule has 2 rings (SSSR count). The second-order valence-electron chi connectivity index (χ2n) is 4.69. The molecule has 0 spiro atoms. The summed E-state index contributed by atoms with van der Waals surface area (Å²) in [6, 6.07) is 7.61. The quantitative estimate of drug-likeness (QED) is 0.843. The van der Waals surface area contributed by atoms with Crippen LogP contribution in [-0.2, 0) is 10.3 Å². The number of hydrogen-bond donors (Lipinski definition) is 1. The normalized spacial score (nSPS) is 23.9. The molecule has 0 unspecified atom stereocenters. The van der Waals surface area contributed by atoms with Gasteiger partial charge in [0.1, 0.15) is 5.54 Å². The fraction of sp³-hybridized carbons (Fsp3) is 0.400. The first-order valence-electron chi connectivity index (χ1n) is 6.35. The van der Waals surface area contributed by atoms with Crippen molar-refractivity contribution in [1.82, 2.24) is 5.32 Å². The Labute approximate surface area is 113 Å². The zero-order valence-electron chi connectivity index (χ0n) is 10.4. The molecule has 2 nitrogen and oxygen atoms in total. The van der Waals surface area contributed by atoms with Gasteiger partial charge in [0.05, 0.1) is 0 Å². The molecule has 18 heavy (non-hydrogen) atoms. The number of benzene rings is 1. The zero-order chi connectivity index (χ0) is 13.0. The van der Waals surface area contributed by atoms with Gasteiger partial charge < -0.3 is 0 Å². The van der Waals surface area contributed by atoms with Crippen LogP contribution in [-0.4, -0.2) is 12.3 Å². The number of ketones is 1. The number of carbonyl (C=O) groups excluding carboxylic acids is 1. The minimum atomic E-state index is -0.620. The highest BCUT2D eigenvalue weighted by Crippen LogP contribution is 2.37. The monoisotopic (exact) mass is 263 g/mol. The molecule has 1 N–H and O–H groups in total. The van der Waals surface area contributed by atoms with Crippen molar-refractivity contribution in [2.24, 2.45) is 0 Å². The van der Waals surface area contributed by atoms with Crippen molar-refractivity contribution < 1.29 is 4.79 Å². The summed E-state index contributed by atoms with van der Waals surface area (Å²) in [7, 11) is 0. The predicted octanol–water partition coefficient (Wildman–Crippen LogP) is 3.45. The molecule has 0 radical (unpaired) electrons. The number of hydrogen-bond acceptors (Lipinski definition) is 2. The van der Waals surface area contributed by atoms with E-state index >= 15 is 0 Å². The van der Waals surface area contributed by atoms with Crippen LogP contribution < -0.4 is 5.32 Å². The largest absolute Gasteiger partial charge is 0.298 e. The average Bonchev–Trinajstić information content (AvgIpc) is 2.39. The van der Waals surface area contributed by atoms with Crippen LogP contribution in [0.2, 0.25) is 5.02 Å². The fourth-order valence-corrected chi connectivity index (χ4v) is 2.95. The maximum Gasteiger partial charge on any atom is 0.157 e. The van der Waals surface area contributed by atoms with Crippen LogP contribution in [0.4, 0.5) is 0 Å². The molecule has 1 aliphatic rings. The number of Topliss-reactive ketones (excluding diaryl/α,β-unsaturated/α-hetero) is 1. The van der Waals surface area contributed by atoms with Crippen molar-refractivity contribution in [3.05, 3.63) is 47.5 Å². The Kier molecular flexibility index (Phi) is 4.20. The number of halogens is 1. The lowest BCUT2D eigenvalue weighted by Crippen LogP contribution is -2.51. The highest BCUT2D eigenvalue weighted by molar-refractivity contribution is 6.31. The third-order valence-corrected chi connectivity index (χ3v) is 3.89. The molecule has 1 aromatic carbocycles. The Morgan fingerprint density at radius 2 is 2.17 bits per heavy atom. The van der Waals surface area contributed by atoms with Gasteiger partial charge in [0.15, 0.2) is 5.78 Å². The Morgan fingerprint density at radius 1 is 1.39 bits per heavy atom. The lowest BCUT2D eigenvalue weighted by atomic mass is 9.75. The molecule has 1 fully saturated rings. The highest BCUT2D eigenvalue weighted by Gasteiger charge is 2.41. The molecule has 0 saturated heterocycles. The van der Waals surface area contributed by atoms with E-state index in [4.69, 9.17) is 11.6 Å². The van der Waals surface area contributed by atoms with Crippen molar-refractivity contribution in [2.75, 3.05) is 6.54 Å². The molecule has 96 valence electrons. The van der Waals surface area contributed by atoms with E-state index in [1.807, 2.05) is 24.3 Å². The van der Waals surface area contributed by atoms with Gasteiger partial charge in [-0.05, 0) is 24.5 Å². The predicted molar refractivity (Wildman–Crippen MR) is 74.8 cm³/mol. The van der Waals surface area contributed by atoms with Gasteiger partial charge in [0.2, 0.25) is 0 Å². The second-order valence-corrected chi connectivity index (χ2v) is 5.09. The molecule has 3 heteroatoms. The Bertz CT molecular complexity index is 458. The number of carbonyl (C=O) groups is 1. The van der Waals surface area contributed by atoms with E-state index in [0.29, 0.717) is 18.0 Å². The smallest absolute Gasteiger partial charge is 0.157 e. The summed E-state index contributed by atoms with van der Waals surface area (Å²) in [5, 5.41) is 4.00. The average molecular weight is 264 g/mol. The Balaban J connectivity index is 2.44. The standard InChI is InChI=1S/C15H18ClNO/c1-2-11-17-15(10-6-5-9-14(15)18)12-7-3-4-8-13(12)16/h2-4,7-8,17H,1,5-6,9-11H2/t15-/m0/s1. The second kappa shape index (κ2) is 5.68. The van der Waals surface area contributed by atoms with Crippen LogP contribution in [0, 0.1) is 0 Å². The molecular formula is C15H18ClNO. The minimum absolute atomic E-state index is 0.240. The van der Waals surface area contributed by atoms with Gasteiger partial charge in [-0.15, -0.1) is 6.58 Å². The number of rotatable bonds is 4. The van der Waals surface area contributed by atoms with Gasteiger partial charge in [-0.2, -0.15) is 0 Å². The third-order valence-electron chi connectivity index (χ3n) is 3.56. The van der Waals surface area contributed by atoms with Crippen molar-refractivity contribution in [2.45, 2.75) is 31.2 Å². The van der Waals surface area contributed by atoms with E-state index < -0.39 is 5.54 Å². The SMILES string of the molecule is C=CCN[C@]1(c2ccccc2Cl)CCCCC1=O. The first kappa shape index (κ1) is 13.3. The first-order valence-corrected chi connectivity index (χ1v) is 6.73. The fourth-order valence-electron chi connectivity index (χ4n) is 2.65. The summed E-state index contributed by atoms with van der Waals surface area (Å²) in [6.45, 7) is 4.32. The lowest BCUT2D eigenvalue weighted by molar-refractivity contribution is -0.127. The van der Waals surface area contributed by atoms with E-state index in [1.54, 1.807) is 6.08 Å². The lowest BCUT2D eigenvalue weighted by Gasteiger charge is -2.37. The molecule has 0 heterocycles. The molecule has 0 bridgehead atoms. The van der Waals surface area contributed by atoms with Gasteiger partial charge >= 0.3 is 0 Å². The van der Waals surface area contributed by atoms with E-state index in [2.05, 4.69) is 11.9 Å². The van der Waals surface area contributed by atoms with Crippen LogP contribution >= 0.6 is 11.6 Å². The van der Waals surface area contributed by atoms with Crippen LogP contribution in [0.25, 0.3) is 0 Å². The van der Waals surface area contributed by atoms with E-state index in [0.717, 1.165) is 24.8 Å². The highest BCUT2D eigenvalue weighted by atomic mass is 35.5. The van der Waals surface area contributed by atoms with Crippen molar-refractivity contribution in [3.8, 4) is 0 Å². The topological polar surface area (TPSA) is 29.1 Å². The summed E-state index contributed by atoms with van der Waals surface area (Å²) < 4.78 is 0. The molecule has 0 aromatic heterocycles. The van der Waals surface area contributed by atoms with Gasteiger partial charge in [-0.1, -0.05) is 42.3 Å². The molecule has 1 aromatic rings. The summed E-state index contributed by atoms with van der Waals surface area (Å²) in [4.78, 5) is 12.4. The van der Waals surface area contributed by atoms with Crippen LogP contribution in [0.15, 0.2) is 36.9 Å². The van der Waals surface area contributed by atoms with Gasteiger partial charge in [0.25, 0.3) is 0 Å². The molecule has 0 aliphatic heterocycles. The van der Waals surface area contributed by atoms with E-state index in [1.165, 1.54) is 0 Å². The van der Waals surface area contributed by atoms with E-state index in [9.17, 15) is 4.79 Å². The Hall–Kier alpha value is -1.12. The maximum absolute atomic E-state index is 12.4. The van der Waals surface area contributed by atoms with Crippen LogP contribution in [0.3, 0.4) is 0 Å². The summed E-state index contributed by atoms with van der Waals surface area (Å²) in [5.41, 5.74) is 0.281. The van der Waals surface area contributed by atoms with Crippen molar-refractivity contribution in [1.29, 1.82) is 0 Å². The Morgan fingerprint density at radius 3 is 2.83 bits per heavy atom. The molecule has 1 saturated carbocycles. The summed E-state index contributed by atoms with van der Waals surface area (Å²) in [6.07, 6.45) is 5.22. The van der Waals surface area contributed by atoms with Crippen molar-refractivity contribution in [3.63, 3.8) is 0 Å². The summed E-state index contributed by atoms with van der Waals surface area (Å²) >= 11 is 6.27. The van der Waals surface area contributed by atoms with Crippen molar-refractivity contribution >= 4 is 17.4 Å². The van der Waals surface area contributed by atoms with Crippen LogP contribution in [0.1, 0.15) is 31.2 Å². The van der Waals surface area contributed by atoms with E-state index in [-0.39, 0.29) is 5.78 Å². The molecular weight excluding hydrogens is 246 g/mol. The third kappa shape index (κ3) is 2.36. The van der Waals surface area contributed by atoms with Crippen LogP contribution in [0.5, 0.6) is 0 Å². The van der Waals surface area contributed by atoms with Gasteiger partial charge in [-0.25, -0.2) is 0 Å². The number of nitrogens with one attached hydrogen (secondary N) is 1. The minimum Gasteiger partial charge on any atom is -0.298 e. The van der Waals surface area contributed by atoms with Gasteiger partial charge in [0, 0.05) is 18.0 Å². The van der Waals surface area contributed by atoms with Gasteiger partial charge in [-0.3, -0.25) is 10.1 Å². The molecule has 0 amide bonds. The molecule has 1 aliphatic carbocycles.